The van der Waals surface area contributed by atoms with E-state index in [0.29, 0.717) is 31.9 Å². The zero-order valence-corrected chi connectivity index (χ0v) is 17.1. The van der Waals surface area contributed by atoms with Gasteiger partial charge in [0.05, 0.1) is 5.56 Å². The van der Waals surface area contributed by atoms with Crippen molar-refractivity contribution >= 4 is 23.2 Å². The number of nitrogens with one attached hydrogen (secondary N) is 1. The molecule has 2 amide bonds. The van der Waals surface area contributed by atoms with Crippen molar-refractivity contribution in [1.82, 2.24) is 9.80 Å². The fourth-order valence-electron chi connectivity index (χ4n) is 3.81. The fraction of sp³-hybridized carbons (Fsp3) is 0.167. The van der Waals surface area contributed by atoms with Crippen molar-refractivity contribution in [3.8, 4) is 11.5 Å². The summed E-state index contributed by atoms with van der Waals surface area (Å²) in [4.78, 5) is 21.2. The highest BCUT2D eigenvalue weighted by Gasteiger charge is 2.27. The van der Waals surface area contributed by atoms with Crippen LogP contribution in [0, 0.1) is 11.6 Å². The minimum atomic E-state index is -1.000. The molecule has 0 unspecified atom stereocenters. The summed E-state index contributed by atoms with van der Waals surface area (Å²) in [5, 5.41) is 2.62. The number of hydrogen-bond acceptors (Lipinski definition) is 4. The smallest absolute Gasteiger partial charge is 0.321 e. The molecule has 0 aliphatic carbocycles. The van der Waals surface area contributed by atoms with Gasteiger partial charge in [0.2, 0.25) is 0 Å². The molecule has 3 aromatic carbocycles. The number of amidine groups is 1. The summed E-state index contributed by atoms with van der Waals surface area (Å²) < 4.78 is 32.6. The van der Waals surface area contributed by atoms with Crippen LogP contribution in [0.15, 0.2) is 71.7 Å². The number of para-hydroxylation sites is 3. The van der Waals surface area contributed by atoms with E-state index in [1.165, 1.54) is 6.07 Å². The predicted octanol–water partition coefficient (Wildman–Crippen LogP) is 5.00. The number of hydrogen-bond donors (Lipinski definition) is 1. The van der Waals surface area contributed by atoms with Gasteiger partial charge in [-0.15, -0.1) is 0 Å². The van der Waals surface area contributed by atoms with Crippen LogP contribution in [-0.2, 0) is 0 Å². The van der Waals surface area contributed by atoms with E-state index >= 15 is 0 Å². The molecule has 1 N–H and O–H groups in total. The number of piperazine rings is 1. The number of nitrogens with zero attached hydrogens (tertiary/aromatic N) is 3. The molecule has 2 aliphatic rings. The lowest BCUT2D eigenvalue weighted by Crippen LogP contribution is -2.51. The van der Waals surface area contributed by atoms with E-state index in [-0.39, 0.29) is 11.7 Å². The van der Waals surface area contributed by atoms with E-state index in [1.807, 2.05) is 48.5 Å². The van der Waals surface area contributed by atoms with Crippen molar-refractivity contribution in [2.75, 3.05) is 31.5 Å². The Morgan fingerprint density at radius 2 is 1.59 bits per heavy atom. The molecule has 3 aromatic rings. The van der Waals surface area contributed by atoms with Crippen LogP contribution in [0.25, 0.3) is 0 Å². The van der Waals surface area contributed by atoms with Gasteiger partial charge in [-0.1, -0.05) is 24.3 Å². The SMILES string of the molecule is O=C(Nc1ccc(F)c(F)c1)N1CCN(C2=Nc3ccccc3Oc3ccccc32)CC1. The van der Waals surface area contributed by atoms with Gasteiger partial charge < -0.3 is 19.9 Å². The molecule has 1 saturated heterocycles. The Balaban J connectivity index is 1.33. The highest BCUT2D eigenvalue weighted by Crippen LogP contribution is 2.37. The van der Waals surface area contributed by atoms with Crippen LogP contribution < -0.4 is 10.1 Å². The second kappa shape index (κ2) is 8.30. The van der Waals surface area contributed by atoms with E-state index in [2.05, 4.69) is 10.2 Å². The molecular formula is C24H20F2N4O2. The Kier molecular flexibility index (Phi) is 5.18. The Hall–Kier alpha value is -3.94. The normalized spacial score (nSPS) is 15.1. The number of urea groups is 1. The number of fused-ring (bicyclic) bond motifs is 2. The summed E-state index contributed by atoms with van der Waals surface area (Å²) in [5.41, 5.74) is 1.85. The number of halogens is 2. The zero-order chi connectivity index (χ0) is 22.1. The van der Waals surface area contributed by atoms with Crippen LogP contribution >= 0.6 is 0 Å². The van der Waals surface area contributed by atoms with Gasteiger partial charge in [0.15, 0.2) is 17.4 Å². The summed E-state index contributed by atoms with van der Waals surface area (Å²) in [6.07, 6.45) is 0. The average Bonchev–Trinajstić information content (AvgIpc) is 2.98. The highest BCUT2D eigenvalue weighted by molar-refractivity contribution is 6.04. The number of benzene rings is 3. The van der Waals surface area contributed by atoms with Gasteiger partial charge in [-0.3, -0.25) is 0 Å². The lowest BCUT2D eigenvalue weighted by Gasteiger charge is -2.36. The number of carbonyl (C=O) groups excluding carboxylic acids is 1. The van der Waals surface area contributed by atoms with Crippen molar-refractivity contribution in [1.29, 1.82) is 0 Å². The molecule has 2 aliphatic heterocycles. The van der Waals surface area contributed by atoms with Crippen LogP contribution in [0.3, 0.4) is 0 Å². The number of aliphatic imine (C=N–C) groups is 1. The second-order valence-electron chi connectivity index (χ2n) is 7.53. The minimum absolute atomic E-state index is 0.215. The van der Waals surface area contributed by atoms with Crippen molar-refractivity contribution in [3.63, 3.8) is 0 Å². The molecule has 0 bridgehead atoms. The molecule has 0 radical (unpaired) electrons. The Bertz CT molecular complexity index is 1210. The van der Waals surface area contributed by atoms with Crippen LogP contribution in [-0.4, -0.2) is 47.8 Å². The molecule has 162 valence electrons. The summed E-state index contributed by atoms with van der Waals surface area (Å²) >= 11 is 0. The number of ether oxygens (including phenoxy) is 1. The molecule has 5 rings (SSSR count). The molecule has 32 heavy (non-hydrogen) atoms. The third-order valence-corrected chi connectivity index (χ3v) is 5.48. The largest absolute Gasteiger partial charge is 0.454 e. The summed E-state index contributed by atoms with van der Waals surface area (Å²) in [6.45, 7) is 2.06. The zero-order valence-electron chi connectivity index (χ0n) is 17.1. The average molecular weight is 434 g/mol. The van der Waals surface area contributed by atoms with Gasteiger partial charge in [-0.25, -0.2) is 18.6 Å². The summed E-state index contributed by atoms with van der Waals surface area (Å²) in [6, 6.07) is 18.3. The van der Waals surface area contributed by atoms with Gasteiger partial charge in [0.1, 0.15) is 17.3 Å². The number of rotatable bonds is 1. The maximum absolute atomic E-state index is 13.4. The maximum atomic E-state index is 13.4. The van der Waals surface area contributed by atoms with E-state index in [0.717, 1.165) is 35.0 Å². The van der Waals surface area contributed by atoms with Gasteiger partial charge >= 0.3 is 6.03 Å². The molecule has 0 saturated carbocycles. The molecule has 0 spiro atoms. The van der Waals surface area contributed by atoms with E-state index in [4.69, 9.17) is 9.73 Å². The van der Waals surface area contributed by atoms with Crippen LogP contribution in [0.5, 0.6) is 11.5 Å². The highest BCUT2D eigenvalue weighted by atomic mass is 19.2. The molecule has 2 heterocycles. The third-order valence-electron chi connectivity index (χ3n) is 5.48. The Labute approximate surface area is 183 Å². The molecule has 0 atom stereocenters. The molecule has 0 aromatic heterocycles. The number of carbonyl (C=O) groups is 1. The van der Waals surface area contributed by atoms with Gasteiger partial charge in [-0.2, -0.15) is 0 Å². The van der Waals surface area contributed by atoms with Crippen molar-refractivity contribution in [2.24, 2.45) is 4.99 Å². The number of amides is 2. The van der Waals surface area contributed by atoms with Gasteiger partial charge in [0.25, 0.3) is 0 Å². The molecule has 1 fully saturated rings. The van der Waals surface area contributed by atoms with Crippen molar-refractivity contribution in [3.05, 3.63) is 83.9 Å². The quantitative estimate of drug-likeness (QED) is 0.587. The second-order valence-corrected chi connectivity index (χ2v) is 7.53. The van der Waals surface area contributed by atoms with E-state index in [1.54, 1.807) is 4.90 Å². The first-order valence-corrected chi connectivity index (χ1v) is 10.3. The Morgan fingerprint density at radius 1 is 0.875 bits per heavy atom. The fourth-order valence-corrected chi connectivity index (χ4v) is 3.81. The first-order valence-electron chi connectivity index (χ1n) is 10.3. The minimum Gasteiger partial charge on any atom is -0.454 e. The predicted molar refractivity (Wildman–Crippen MR) is 118 cm³/mol. The van der Waals surface area contributed by atoms with Crippen molar-refractivity contribution < 1.29 is 18.3 Å². The van der Waals surface area contributed by atoms with Crippen molar-refractivity contribution in [2.45, 2.75) is 0 Å². The lowest BCUT2D eigenvalue weighted by atomic mass is 10.1. The van der Waals surface area contributed by atoms with E-state index < -0.39 is 11.6 Å². The first kappa shape index (κ1) is 20.0. The Morgan fingerprint density at radius 3 is 2.38 bits per heavy atom. The lowest BCUT2D eigenvalue weighted by molar-refractivity contribution is 0.181. The molecule has 8 heteroatoms. The standard InChI is InChI=1S/C24H20F2N4O2/c25-18-10-9-16(15-19(18)26)27-24(31)30-13-11-29(12-14-30)23-17-5-1-3-7-21(17)32-22-8-4-2-6-20(22)28-23/h1-10,15H,11-14H2,(H,27,31). The molecular weight excluding hydrogens is 414 g/mol. The summed E-state index contributed by atoms with van der Waals surface area (Å²) in [5.74, 6) is 0.271. The van der Waals surface area contributed by atoms with Crippen LogP contribution in [0.4, 0.5) is 25.0 Å². The monoisotopic (exact) mass is 434 g/mol. The van der Waals surface area contributed by atoms with Gasteiger partial charge in [-0.05, 0) is 36.4 Å². The van der Waals surface area contributed by atoms with Crippen LogP contribution in [0.2, 0.25) is 0 Å². The topological polar surface area (TPSA) is 57.2 Å². The van der Waals surface area contributed by atoms with Crippen LogP contribution in [0.1, 0.15) is 5.56 Å². The molecule has 6 nitrogen and oxygen atoms in total. The van der Waals surface area contributed by atoms with E-state index in [9.17, 15) is 13.6 Å². The maximum Gasteiger partial charge on any atom is 0.321 e. The summed E-state index contributed by atoms with van der Waals surface area (Å²) in [7, 11) is 0. The first-order chi connectivity index (χ1) is 15.6. The third kappa shape index (κ3) is 3.87. The number of anilines is 1. The van der Waals surface area contributed by atoms with Gasteiger partial charge in [0, 0.05) is 37.9 Å².